The molecule has 0 saturated heterocycles. The molecule has 0 aliphatic carbocycles. The van der Waals surface area contributed by atoms with E-state index in [9.17, 15) is 14.9 Å². The summed E-state index contributed by atoms with van der Waals surface area (Å²) in [7, 11) is 0. The van der Waals surface area contributed by atoms with Crippen LogP contribution in [0.15, 0.2) is 42.8 Å². The zero-order valence-corrected chi connectivity index (χ0v) is 13.6. The second kappa shape index (κ2) is 5.76. The molecule has 1 aliphatic heterocycles. The third kappa shape index (κ3) is 2.30. The molecule has 7 heteroatoms. The predicted molar refractivity (Wildman–Crippen MR) is 91.4 cm³/mol. The Balaban J connectivity index is 2.11. The second-order valence-corrected chi connectivity index (χ2v) is 5.93. The van der Waals surface area contributed by atoms with Crippen molar-refractivity contribution in [1.29, 1.82) is 5.26 Å². The maximum Gasteiger partial charge on any atom is 0.442 e. The fourth-order valence-electron chi connectivity index (χ4n) is 3.34. The van der Waals surface area contributed by atoms with Crippen molar-refractivity contribution in [1.82, 2.24) is 9.47 Å². The summed E-state index contributed by atoms with van der Waals surface area (Å²) in [5.41, 5.74) is 0.531. The van der Waals surface area contributed by atoms with E-state index < -0.39 is 11.3 Å². The van der Waals surface area contributed by atoms with Crippen LogP contribution in [0.3, 0.4) is 0 Å². The molecule has 1 aromatic carbocycles. The number of hydrogen-bond acceptors (Lipinski definition) is 6. The predicted octanol–water partition coefficient (Wildman–Crippen LogP) is 1.98. The Kier molecular flexibility index (Phi) is 3.55. The molecule has 0 N–H and O–H groups in total. The van der Waals surface area contributed by atoms with Gasteiger partial charge < -0.3 is 8.94 Å². The standard InChI is InChI=1S/C18H15N3O4/c1-2-20-8-6-11(7-9-20)14-13-5-3-4-12(10-19)15(13)21-16(14)24-17(22)18(23)25-21/h3-6H,2,7-9H2,1H3. The largest absolute Gasteiger partial charge is 0.442 e. The molecule has 0 unspecified atom stereocenters. The number of benzene rings is 1. The third-order valence-electron chi connectivity index (χ3n) is 4.62. The van der Waals surface area contributed by atoms with Crippen molar-refractivity contribution < 1.29 is 8.94 Å². The number of aromatic nitrogens is 1. The molecule has 126 valence electrons. The highest BCUT2D eigenvalue weighted by molar-refractivity contribution is 6.01. The zero-order valence-electron chi connectivity index (χ0n) is 13.6. The smallest absolute Gasteiger partial charge is 0.397 e. The molecule has 0 bridgehead atoms. The van der Waals surface area contributed by atoms with Gasteiger partial charge in [-0.1, -0.05) is 25.1 Å². The van der Waals surface area contributed by atoms with E-state index in [1.807, 2.05) is 6.07 Å². The van der Waals surface area contributed by atoms with E-state index in [2.05, 4.69) is 24.0 Å². The number of nitrogens with zero attached hydrogens (tertiary/aromatic N) is 3. The lowest BCUT2D eigenvalue weighted by Gasteiger charge is -2.24. The molecule has 0 fully saturated rings. The fraction of sp³-hybridized carbons (Fsp3) is 0.278. The summed E-state index contributed by atoms with van der Waals surface area (Å²) in [5.74, 6) is 0. The molecule has 0 radical (unpaired) electrons. The van der Waals surface area contributed by atoms with Crippen LogP contribution >= 0.6 is 0 Å². The van der Waals surface area contributed by atoms with Crippen molar-refractivity contribution in [3.63, 3.8) is 0 Å². The molecular formula is C18H15N3O4. The van der Waals surface area contributed by atoms with Crippen molar-refractivity contribution in [2.75, 3.05) is 19.6 Å². The van der Waals surface area contributed by atoms with E-state index in [4.69, 9.17) is 8.94 Å². The van der Waals surface area contributed by atoms with Crippen molar-refractivity contribution in [2.45, 2.75) is 13.3 Å². The van der Waals surface area contributed by atoms with Crippen molar-refractivity contribution in [2.24, 2.45) is 0 Å². The summed E-state index contributed by atoms with van der Waals surface area (Å²) in [6, 6.07) is 7.34. The van der Waals surface area contributed by atoms with Gasteiger partial charge in [0.25, 0.3) is 0 Å². The average molecular weight is 337 g/mol. The Morgan fingerprint density at radius 2 is 2.12 bits per heavy atom. The number of likely N-dealkylation sites (N-methyl/N-ethyl adjacent to an activating group) is 1. The first-order valence-corrected chi connectivity index (χ1v) is 8.07. The van der Waals surface area contributed by atoms with E-state index in [1.165, 1.54) is 4.57 Å². The Labute approximate surface area is 141 Å². The molecular weight excluding hydrogens is 322 g/mol. The molecule has 3 aromatic rings. The molecule has 3 heterocycles. The van der Waals surface area contributed by atoms with E-state index >= 15 is 0 Å². The van der Waals surface area contributed by atoms with Gasteiger partial charge in [-0.25, -0.2) is 9.59 Å². The Morgan fingerprint density at radius 1 is 1.28 bits per heavy atom. The van der Waals surface area contributed by atoms with Crippen LogP contribution in [0.25, 0.3) is 22.2 Å². The van der Waals surface area contributed by atoms with Crippen LogP contribution in [0.4, 0.5) is 0 Å². The Hall–Kier alpha value is -3.11. The van der Waals surface area contributed by atoms with Gasteiger partial charge in [0.2, 0.25) is 5.71 Å². The minimum Gasteiger partial charge on any atom is -0.397 e. The number of fused-ring (bicyclic) bond motifs is 3. The van der Waals surface area contributed by atoms with Crippen LogP contribution in [0.2, 0.25) is 0 Å². The quantitative estimate of drug-likeness (QED) is 0.664. The van der Waals surface area contributed by atoms with Crippen LogP contribution in [0.5, 0.6) is 0 Å². The minimum atomic E-state index is -1.10. The highest BCUT2D eigenvalue weighted by atomic mass is 16.5. The zero-order chi connectivity index (χ0) is 17.6. The van der Waals surface area contributed by atoms with Gasteiger partial charge in [-0.05, 0) is 24.6 Å². The molecule has 0 amide bonds. The van der Waals surface area contributed by atoms with Crippen LogP contribution in [-0.4, -0.2) is 29.1 Å². The molecule has 25 heavy (non-hydrogen) atoms. The molecule has 0 atom stereocenters. The van der Waals surface area contributed by atoms with Gasteiger partial charge in [0.05, 0.1) is 11.1 Å². The lowest BCUT2D eigenvalue weighted by molar-refractivity contribution is 0.286. The van der Waals surface area contributed by atoms with Gasteiger partial charge >= 0.3 is 11.3 Å². The normalized spacial score (nSPS) is 15.4. The lowest BCUT2D eigenvalue weighted by atomic mass is 9.98. The van der Waals surface area contributed by atoms with Gasteiger partial charge in [0.15, 0.2) is 0 Å². The minimum absolute atomic E-state index is 0.165. The number of rotatable bonds is 2. The second-order valence-electron chi connectivity index (χ2n) is 5.93. The molecule has 2 aromatic heterocycles. The molecule has 4 rings (SSSR count). The van der Waals surface area contributed by atoms with Crippen molar-refractivity contribution in [3.8, 4) is 6.07 Å². The van der Waals surface area contributed by atoms with Gasteiger partial charge in [-0.2, -0.15) is 5.26 Å². The maximum absolute atomic E-state index is 11.7. The molecule has 1 aliphatic rings. The first kappa shape index (κ1) is 15.4. The first-order valence-electron chi connectivity index (χ1n) is 8.07. The Bertz CT molecular complexity index is 1170. The van der Waals surface area contributed by atoms with E-state index in [0.29, 0.717) is 16.6 Å². The topological polar surface area (TPSA) is 91.9 Å². The summed E-state index contributed by atoms with van der Waals surface area (Å²) in [6.45, 7) is 4.75. The fourth-order valence-corrected chi connectivity index (χ4v) is 3.34. The molecule has 7 nitrogen and oxygen atoms in total. The SMILES string of the molecule is CCN1CC=C(c2c3cccc(C#N)c3n3oc(=O)c(=O)oc23)CC1. The van der Waals surface area contributed by atoms with Gasteiger partial charge in [0.1, 0.15) is 11.6 Å². The average Bonchev–Trinajstić information content (AvgIpc) is 2.95. The van der Waals surface area contributed by atoms with Gasteiger partial charge in [-0.15, -0.1) is 4.57 Å². The van der Waals surface area contributed by atoms with Gasteiger partial charge in [0, 0.05) is 18.5 Å². The number of hydrogen-bond donors (Lipinski definition) is 0. The van der Waals surface area contributed by atoms with Crippen LogP contribution in [0, 0.1) is 11.3 Å². The van der Waals surface area contributed by atoms with E-state index in [0.717, 1.165) is 37.0 Å². The number of nitriles is 1. The summed E-state index contributed by atoms with van der Waals surface area (Å²) >= 11 is 0. The summed E-state index contributed by atoms with van der Waals surface area (Å²) in [4.78, 5) is 25.7. The van der Waals surface area contributed by atoms with Crippen LogP contribution < -0.4 is 11.3 Å². The number of para-hydroxylation sites is 1. The summed E-state index contributed by atoms with van der Waals surface area (Å²) in [6.07, 6.45) is 2.87. The third-order valence-corrected chi connectivity index (χ3v) is 4.62. The monoisotopic (exact) mass is 337 g/mol. The molecule has 0 saturated carbocycles. The highest BCUT2D eigenvalue weighted by Gasteiger charge is 2.24. The van der Waals surface area contributed by atoms with E-state index in [-0.39, 0.29) is 5.71 Å². The van der Waals surface area contributed by atoms with Crippen molar-refractivity contribution >= 4 is 22.2 Å². The highest BCUT2D eigenvalue weighted by Crippen LogP contribution is 2.35. The van der Waals surface area contributed by atoms with Crippen LogP contribution in [-0.2, 0) is 0 Å². The summed E-state index contributed by atoms with van der Waals surface area (Å²) in [5, 5.41) is 10.1. The first-order chi connectivity index (χ1) is 12.1. The van der Waals surface area contributed by atoms with Crippen molar-refractivity contribution in [3.05, 3.63) is 56.2 Å². The molecule has 0 spiro atoms. The maximum atomic E-state index is 11.7. The Morgan fingerprint density at radius 3 is 2.80 bits per heavy atom. The van der Waals surface area contributed by atoms with Gasteiger partial charge in [-0.3, -0.25) is 4.90 Å². The summed E-state index contributed by atoms with van der Waals surface area (Å²) < 4.78 is 11.5. The van der Waals surface area contributed by atoms with E-state index in [1.54, 1.807) is 12.1 Å². The van der Waals surface area contributed by atoms with Crippen LogP contribution in [0.1, 0.15) is 24.5 Å². The lowest BCUT2D eigenvalue weighted by Crippen LogP contribution is -2.28.